The summed E-state index contributed by atoms with van der Waals surface area (Å²) in [6, 6.07) is 8.79. The summed E-state index contributed by atoms with van der Waals surface area (Å²) in [7, 11) is -5.08. The van der Waals surface area contributed by atoms with Gasteiger partial charge < -0.3 is 10.1 Å². The lowest BCUT2D eigenvalue weighted by Gasteiger charge is -2.34. The molecule has 8 nitrogen and oxygen atoms in total. The van der Waals surface area contributed by atoms with Crippen molar-refractivity contribution in [2.24, 2.45) is 0 Å². The number of hydrogen-bond acceptors (Lipinski definition) is 8. The molecule has 0 unspecified atom stereocenters. The molecule has 38 heavy (non-hydrogen) atoms. The summed E-state index contributed by atoms with van der Waals surface area (Å²) in [5.41, 5.74) is 1.57. The Labute approximate surface area is 223 Å². The van der Waals surface area contributed by atoms with Crippen molar-refractivity contribution in [2.45, 2.75) is 43.9 Å². The molecule has 3 aromatic rings. The number of amides is 1. The molecule has 1 aromatic heterocycles. The number of alkyl halides is 1. The van der Waals surface area contributed by atoms with Crippen LogP contribution in [-0.4, -0.2) is 55.8 Å². The maximum absolute atomic E-state index is 15.3. The Balaban J connectivity index is 1.62. The van der Waals surface area contributed by atoms with Crippen LogP contribution in [0.2, 0.25) is 0 Å². The van der Waals surface area contributed by atoms with E-state index in [1.165, 1.54) is 31.7 Å². The quantitative estimate of drug-likeness (QED) is 0.384. The second kappa shape index (κ2) is 10.9. The summed E-state index contributed by atoms with van der Waals surface area (Å²) in [5.74, 6) is -3.15. The predicted molar refractivity (Wildman–Crippen MR) is 139 cm³/mol. The van der Waals surface area contributed by atoms with E-state index in [1.807, 2.05) is 17.0 Å². The third kappa shape index (κ3) is 6.27. The third-order valence-electron chi connectivity index (χ3n) is 5.59. The highest BCUT2D eigenvalue weighted by Crippen LogP contribution is 2.32. The highest BCUT2D eigenvalue weighted by atomic mass is 32.2. The van der Waals surface area contributed by atoms with E-state index in [0.29, 0.717) is 31.7 Å². The number of anilines is 3. The minimum absolute atomic E-state index is 0.0309. The second-order valence-electron chi connectivity index (χ2n) is 9.75. The van der Waals surface area contributed by atoms with Crippen LogP contribution in [-0.2, 0) is 21.2 Å². The van der Waals surface area contributed by atoms with Gasteiger partial charge in [-0.1, -0.05) is 18.2 Å². The van der Waals surface area contributed by atoms with Crippen molar-refractivity contribution in [3.8, 4) is 0 Å². The van der Waals surface area contributed by atoms with E-state index in [1.54, 1.807) is 12.1 Å². The largest absolute Gasteiger partial charge is 0.443 e. The molecule has 1 N–H and O–H groups in total. The van der Waals surface area contributed by atoms with Gasteiger partial charge in [0, 0.05) is 36.4 Å². The van der Waals surface area contributed by atoms with Gasteiger partial charge in [0.25, 0.3) is 10.0 Å². The Kier molecular flexibility index (Phi) is 8.00. The number of carbonyl (C=O) groups is 1. The molecule has 4 rings (SSSR count). The monoisotopic (exact) mass is 568 g/mol. The molecule has 13 heteroatoms. The zero-order valence-corrected chi connectivity index (χ0v) is 22.6. The first-order chi connectivity index (χ1) is 17.8. The number of nitrogens with one attached hydrogen (secondary N) is 1. The Hall–Kier alpha value is -3.16. The van der Waals surface area contributed by atoms with E-state index < -0.39 is 44.4 Å². The number of halogens is 3. The summed E-state index contributed by atoms with van der Waals surface area (Å²) in [6.45, 7) is 5.95. The van der Waals surface area contributed by atoms with Gasteiger partial charge in [-0.15, -0.1) is 15.6 Å². The molecule has 0 atom stereocenters. The van der Waals surface area contributed by atoms with Gasteiger partial charge in [-0.3, -0.25) is 4.90 Å². The Morgan fingerprint density at radius 1 is 1.21 bits per heavy atom. The van der Waals surface area contributed by atoms with Gasteiger partial charge in [0.2, 0.25) is 0 Å². The number of aromatic nitrogens is 1. The maximum atomic E-state index is 15.3. The topological polar surface area (TPSA) is 91.8 Å². The van der Waals surface area contributed by atoms with Crippen LogP contribution in [0.4, 0.5) is 35.2 Å². The number of ether oxygens (including phenoxy) is 1. The molecule has 2 heterocycles. The molecule has 1 aliphatic rings. The molecule has 0 spiro atoms. The highest BCUT2D eigenvalue weighted by Gasteiger charge is 2.39. The number of carbonyl (C=O) groups excluding carboxylic acids is 1. The standard InChI is InChI=1S/C25H27F3N4O4S2/c1-25(2,3)36-24(33)32(22-14-37-15-29-22)38(34,35)23-19(27)10-18(11-20(23)28)30-21-7-5-4-6-16(21)8-9-31-12-17(26)13-31/h4-7,10-11,14-15,17,30H,8-9,12-13H2,1-3H3. The number of nitrogens with zero attached hydrogens (tertiary/aromatic N) is 3. The van der Waals surface area contributed by atoms with Crippen molar-refractivity contribution < 1.29 is 31.1 Å². The lowest BCUT2D eigenvalue weighted by atomic mass is 10.1. The Bertz CT molecular complexity index is 1380. The lowest BCUT2D eigenvalue weighted by molar-refractivity contribution is 0.0608. The first-order valence-corrected chi connectivity index (χ1v) is 14.1. The molecule has 0 bridgehead atoms. The summed E-state index contributed by atoms with van der Waals surface area (Å²) in [5, 5.41) is 4.18. The van der Waals surface area contributed by atoms with Crippen molar-refractivity contribution in [1.29, 1.82) is 0 Å². The predicted octanol–water partition coefficient (Wildman–Crippen LogP) is 5.49. The molecule has 0 radical (unpaired) electrons. The number of benzene rings is 2. The Morgan fingerprint density at radius 2 is 1.87 bits per heavy atom. The van der Waals surface area contributed by atoms with Gasteiger partial charge in [-0.2, -0.15) is 0 Å². The van der Waals surface area contributed by atoms with Gasteiger partial charge in [0.15, 0.2) is 10.7 Å². The second-order valence-corrected chi connectivity index (χ2v) is 12.2. The third-order valence-corrected chi connectivity index (χ3v) is 7.89. The fourth-order valence-corrected chi connectivity index (χ4v) is 5.84. The van der Waals surface area contributed by atoms with Crippen LogP contribution < -0.4 is 9.62 Å². The summed E-state index contributed by atoms with van der Waals surface area (Å²) in [4.78, 5) is 17.3. The molecular formula is C25H27F3N4O4S2. The molecule has 204 valence electrons. The van der Waals surface area contributed by atoms with E-state index in [9.17, 15) is 17.6 Å². The lowest BCUT2D eigenvalue weighted by Crippen LogP contribution is -2.48. The number of thiazole rings is 1. The molecule has 1 saturated heterocycles. The number of sulfonamides is 1. The van der Waals surface area contributed by atoms with Crippen LogP contribution >= 0.6 is 11.3 Å². The van der Waals surface area contributed by atoms with Crippen molar-refractivity contribution in [1.82, 2.24) is 9.88 Å². The van der Waals surface area contributed by atoms with Gasteiger partial charge >= 0.3 is 6.09 Å². The molecule has 1 aliphatic heterocycles. The molecule has 0 aliphatic carbocycles. The van der Waals surface area contributed by atoms with E-state index in [0.717, 1.165) is 29.0 Å². The number of likely N-dealkylation sites (tertiary alicyclic amines) is 1. The zero-order chi connectivity index (χ0) is 27.7. The normalized spacial score (nSPS) is 14.7. The SMILES string of the molecule is CC(C)(C)OC(=O)N(c1cscn1)S(=O)(=O)c1c(F)cc(Nc2ccccc2CCN2CC(F)C2)cc1F. The van der Waals surface area contributed by atoms with Crippen LogP contribution in [0.5, 0.6) is 0 Å². The molecule has 0 saturated carbocycles. The average Bonchev–Trinajstić information content (AvgIpc) is 3.28. The zero-order valence-electron chi connectivity index (χ0n) is 20.9. The fraction of sp³-hybridized carbons (Fsp3) is 0.360. The fourth-order valence-electron chi connectivity index (χ4n) is 3.88. The van der Waals surface area contributed by atoms with E-state index in [4.69, 9.17) is 4.74 Å². The Morgan fingerprint density at radius 3 is 2.45 bits per heavy atom. The number of para-hydroxylation sites is 1. The van der Waals surface area contributed by atoms with Crippen molar-refractivity contribution in [2.75, 3.05) is 29.3 Å². The first-order valence-electron chi connectivity index (χ1n) is 11.7. The van der Waals surface area contributed by atoms with Gasteiger partial charge in [-0.25, -0.2) is 31.4 Å². The highest BCUT2D eigenvalue weighted by molar-refractivity contribution is 7.93. The van der Waals surface area contributed by atoms with Crippen LogP contribution in [0, 0.1) is 11.6 Å². The minimum atomic E-state index is -5.08. The molecular weight excluding hydrogens is 541 g/mol. The first kappa shape index (κ1) is 27.9. The number of hydrogen-bond donors (Lipinski definition) is 1. The van der Waals surface area contributed by atoms with Gasteiger partial charge in [-0.05, 0) is 51.0 Å². The maximum Gasteiger partial charge on any atom is 0.430 e. The smallest absolute Gasteiger partial charge is 0.430 e. The molecule has 2 aromatic carbocycles. The summed E-state index contributed by atoms with van der Waals surface area (Å²) in [6.07, 6.45) is -1.59. The van der Waals surface area contributed by atoms with Crippen molar-refractivity contribution >= 4 is 44.6 Å². The van der Waals surface area contributed by atoms with E-state index in [2.05, 4.69) is 10.3 Å². The van der Waals surface area contributed by atoms with Crippen molar-refractivity contribution in [3.05, 3.63) is 64.5 Å². The number of rotatable bonds is 8. The van der Waals surface area contributed by atoms with Gasteiger partial charge in [0.1, 0.15) is 23.4 Å². The van der Waals surface area contributed by atoms with Gasteiger partial charge in [0.05, 0.1) is 5.51 Å². The van der Waals surface area contributed by atoms with Crippen LogP contribution in [0.25, 0.3) is 0 Å². The van der Waals surface area contributed by atoms with Crippen LogP contribution in [0.1, 0.15) is 26.3 Å². The molecule has 1 fully saturated rings. The van der Waals surface area contributed by atoms with E-state index >= 15 is 8.78 Å². The van der Waals surface area contributed by atoms with Crippen LogP contribution in [0.3, 0.4) is 0 Å². The van der Waals surface area contributed by atoms with Crippen LogP contribution in [0.15, 0.2) is 52.2 Å². The average molecular weight is 569 g/mol. The summed E-state index contributed by atoms with van der Waals surface area (Å²) < 4.78 is 75.7. The summed E-state index contributed by atoms with van der Waals surface area (Å²) >= 11 is 0.995. The van der Waals surface area contributed by atoms with E-state index in [-0.39, 0.29) is 15.8 Å². The molecule has 1 amide bonds. The van der Waals surface area contributed by atoms with Crippen molar-refractivity contribution in [3.63, 3.8) is 0 Å². The minimum Gasteiger partial charge on any atom is -0.443 e.